The average molecular weight is 420 g/mol. The fourth-order valence-corrected chi connectivity index (χ4v) is 3.43. The van der Waals surface area contributed by atoms with Gasteiger partial charge in [-0.15, -0.1) is 0 Å². The van der Waals surface area contributed by atoms with Crippen molar-refractivity contribution in [2.24, 2.45) is 16.2 Å². The molecule has 0 heterocycles. The third kappa shape index (κ3) is 3.83. The summed E-state index contributed by atoms with van der Waals surface area (Å²) >= 11 is 0. The maximum Gasteiger partial charge on any atom is 1.00 e. The predicted molar refractivity (Wildman–Crippen MR) is 70.3 cm³/mol. The zero-order valence-corrected chi connectivity index (χ0v) is 20.8. The molecule has 0 aromatic rings. The molecule has 0 aromatic heterocycles. The third-order valence-corrected chi connectivity index (χ3v) is 4.49. The summed E-state index contributed by atoms with van der Waals surface area (Å²) in [5.41, 5.74) is -11.6. The molecule has 15 heteroatoms. The first-order valence-corrected chi connectivity index (χ1v) is 6.27. The van der Waals surface area contributed by atoms with Crippen molar-refractivity contribution in [2.75, 3.05) is 0 Å². The quantitative estimate of drug-likeness (QED) is 0.174. The number of carbonyl (C=O) groups is 6. The fraction of sp³-hybridized carbons (Fsp3) is 0.500. The van der Waals surface area contributed by atoms with Gasteiger partial charge in [0, 0.05) is 0 Å². The fourth-order valence-electron chi connectivity index (χ4n) is 3.43. The van der Waals surface area contributed by atoms with Crippen molar-refractivity contribution in [1.82, 2.24) is 0 Å². The molecule has 0 atom stereocenters. The van der Waals surface area contributed by atoms with Gasteiger partial charge in [-0.25, -0.2) is 0 Å². The summed E-state index contributed by atoms with van der Waals surface area (Å²) in [6.45, 7) is 0. The predicted octanol–water partition coefficient (Wildman–Crippen LogP) is -10.0. The maximum atomic E-state index is 11.7. The van der Waals surface area contributed by atoms with E-state index in [0.717, 1.165) is 0 Å². The zero-order chi connectivity index (χ0) is 19.1. The minimum absolute atomic E-state index is 0. The summed E-state index contributed by atoms with van der Waals surface area (Å²) in [7, 11) is 0. The molecular formula is C12H15Na3O12. The molecule has 0 radical (unpaired) electrons. The van der Waals surface area contributed by atoms with Crippen LogP contribution in [0.3, 0.4) is 0 Å². The average Bonchev–Trinajstić information content (AvgIpc) is 2.43. The van der Waals surface area contributed by atoms with E-state index in [-0.39, 0.29) is 93.0 Å². The van der Waals surface area contributed by atoms with Gasteiger partial charge in [-0.1, -0.05) is 0 Å². The summed E-state index contributed by atoms with van der Waals surface area (Å²) < 4.78 is 0. The molecule has 1 saturated carbocycles. The van der Waals surface area contributed by atoms with Crippen molar-refractivity contribution in [3.63, 3.8) is 0 Å². The number of carboxylic acids is 6. The van der Waals surface area contributed by atoms with Crippen LogP contribution in [0.2, 0.25) is 0 Å². The molecule has 0 aliphatic heterocycles. The monoisotopic (exact) mass is 420 g/mol. The van der Waals surface area contributed by atoms with Gasteiger partial charge in [0.15, 0.2) is 10.8 Å². The first kappa shape index (κ1) is 31.5. The summed E-state index contributed by atoms with van der Waals surface area (Å²) in [5.74, 6) is -15.2. The van der Waals surface area contributed by atoms with E-state index in [4.69, 9.17) is 0 Å². The Morgan fingerprint density at radius 2 is 0.741 bits per heavy atom. The van der Waals surface area contributed by atoms with E-state index in [1.54, 1.807) is 0 Å². The van der Waals surface area contributed by atoms with Crippen LogP contribution in [0.4, 0.5) is 0 Å². The van der Waals surface area contributed by atoms with Gasteiger partial charge in [-0.3, -0.25) is 28.8 Å². The molecule has 0 amide bonds. The number of hydrogen-bond donors (Lipinski definition) is 6. The standard InChI is InChI=1S/C12H12O12.3Na.3H/c13-4(14)10(5(15)16)2-1-3-11(6(17)18,7(19)20)12(10,8(21)22)9(23)24;;;;;;/h1-3H2,(H,13,14)(H,15,16)(H,17,18)(H,19,20)(H,21,22)(H,23,24);;;;;;/q;3*+1;3*-1. The summed E-state index contributed by atoms with van der Waals surface area (Å²) in [6, 6.07) is 0. The van der Waals surface area contributed by atoms with Gasteiger partial charge in [-0.05, 0) is 19.3 Å². The topological polar surface area (TPSA) is 224 Å². The molecule has 6 N–H and O–H groups in total. The van der Waals surface area contributed by atoms with Gasteiger partial charge in [-0.2, -0.15) is 0 Å². The van der Waals surface area contributed by atoms with Crippen LogP contribution in [0.25, 0.3) is 0 Å². The van der Waals surface area contributed by atoms with E-state index >= 15 is 0 Å². The Balaban J connectivity index is -0.000000240. The van der Waals surface area contributed by atoms with E-state index in [0.29, 0.717) is 0 Å². The van der Waals surface area contributed by atoms with Crippen molar-refractivity contribution >= 4 is 35.8 Å². The van der Waals surface area contributed by atoms with Gasteiger partial charge < -0.3 is 34.9 Å². The zero-order valence-electron chi connectivity index (χ0n) is 17.8. The molecular weight excluding hydrogens is 405 g/mol. The van der Waals surface area contributed by atoms with Crippen LogP contribution in [0.5, 0.6) is 0 Å². The van der Waals surface area contributed by atoms with E-state index in [2.05, 4.69) is 0 Å². The summed E-state index contributed by atoms with van der Waals surface area (Å²) in [5, 5.41) is 56.0. The van der Waals surface area contributed by atoms with Crippen molar-refractivity contribution in [1.29, 1.82) is 0 Å². The molecule has 0 bridgehead atoms. The minimum Gasteiger partial charge on any atom is -1.00 e. The molecule has 1 aliphatic rings. The van der Waals surface area contributed by atoms with Gasteiger partial charge in [0.05, 0.1) is 0 Å². The van der Waals surface area contributed by atoms with Crippen LogP contribution in [-0.4, -0.2) is 66.5 Å². The van der Waals surface area contributed by atoms with Crippen LogP contribution in [-0.2, 0) is 28.8 Å². The van der Waals surface area contributed by atoms with Crippen molar-refractivity contribution in [3.05, 3.63) is 0 Å². The van der Waals surface area contributed by atoms with Crippen molar-refractivity contribution in [2.45, 2.75) is 19.3 Å². The Morgan fingerprint density at radius 3 is 0.889 bits per heavy atom. The second kappa shape index (κ2) is 10.6. The van der Waals surface area contributed by atoms with E-state index < -0.39 is 71.3 Å². The molecule has 0 aromatic carbocycles. The summed E-state index contributed by atoms with van der Waals surface area (Å²) in [6.07, 6.45) is -2.78. The molecule has 0 spiro atoms. The third-order valence-electron chi connectivity index (χ3n) is 4.49. The number of hydrogen-bond acceptors (Lipinski definition) is 6. The Hall–Kier alpha value is -0.180. The molecule has 1 aliphatic carbocycles. The number of aliphatic carboxylic acids is 6. The minimum atomic E-state index is -4.17. The van der Waals surface area contributed by atoms with Crippen LogP contribution in [0, 0.1) is 16.2 Å². The molecule has 0 saturated heterocycles. The Kier molecular flexibility index (Phi) is 12.3. The van der Waals surface area contributed by atoms with Crippen LogP contribution >= 0.6 is 0 Å². The molecule has 138 valence electrons. The Morgan fingerprint density at radius 1 is 0.519 bits per heavy atom. The summed E-state index contributed by atoms with van der Waals surface area (Å²) in [4.78, 5) is 69.8. The van der Waals surface area contributed by atoms with E-state index in [1.165, 1.54) is 0 Å². The molecule has 0 unspecified atom stereocenters. The second-order valence-corrected chi connectivity index (χ2v) is 5.25. The second-order valence-electron chi connectivity index (χ2n) is 5.25. The van der Waals surface area contributed by atoms with Gasteiger partial charge >= 0.3 is 124 Å². The number of carboxylic acid groups (broad SMARTS) is 6. The SMILES string of the molecule is O=C(O)C1(C(=O)O)CCCC(C(=O)O)(C(=O)O)C1(C(=O)O)C(=O)O.[H-].[H-].[H-].[Na+].[Na+].[Na+]. The van der Waals surface area contributed by atoms with E-state index in [9.17, 15) is 59.4 Å². The molecule has 1 fully saturated rings. The van der Waals surface area contributed by atoms with Gasteiger partial charge in [0.1, 0.15) is 0 Å². The Labute approximate surface area is 221 Å². The Bertz CT molecular complexity index is 603. The van der Waals surface area contributed by atoms with E-state index in [1.807, 2.05) is 0 Å². The van der Waals surface area contributed by atoms with Crippen LogP contribution in [0.1, 0.15) is 23.5 Å². The largest absolute Gasteiger partial charge is 1.00 e. The van der Waals surface area contributed by atoms with Crippen molar-refractivity contribution in [3.8, 4) is 0 Å². The first-order chi connectivity index (χ1) is 10.9. The van der Waals surface area contributed by atoms with Crippen molar-refractivity contribution < 1.29 is 152 Å². The molecule has 27 heavy (non-hydrogen) atoms. The maximum absolute atomic E-state index is 11.7. The smallest absolute Gasteiger partial charge is 1.00 e. The van der Waals surface area contributed by atoms with Gasteiger partial charge in [0.2, 0.25) is 5.41 Å². The molecule has 12 nitrogen and oxygen atoms in total. The number of rotatable bonds is 6. The normalized spacial score (nSPS) is 18.2. The van der Waals surface area contributed by atoms with Gasteiger partial charge in [0.25, 0.3) is 0 Å². The van der Waals surface area contributed by atoms with Crippen LogP contribution < -0.4 is 88.7 Å². The van der Waals surface area contributed by atoms with Crippen LogP contribution in [0.15, 0.2) is 0 Å². The molecule has 1 rings (SSSR count). The first-order valence-electron chi connectivity index (χ1n) is 6.27.